The molecular formula is C12H8BrClINO2S. The first-order valence-corrected chi connectivity index (χ1v) is 8.86. The Morgan fingerprint density at radius 1 is 1.16 bits per heavy atom. The Balaban J connectivity index is 2.40. The van der Waals surface area contributed by atoms with Crippen molar-refractivity contribution in [3.8, 4) is 0 Å². The second kappa shape index (κ2) is 5.99. The summed E-state index contributed by atoms with van der Waals surface area (Å²) >= 11 is 11.3. The number of rotatable bonds is 3. The van der Waals surface area contributed by atoms with Gasteiger partial charge in [0, 0.05) is 8.04 Å². The summed E-state index contributed by atoms with van der Waals surface area (Å²) in [4.78, 5) is 0.171. The lowest BCUT2D eigenvalue weighted by Gasteiger charge is -2.11. The maximum atomic E-state index is 12.3. The molecule has 0 aliphatic heterocycles. The van der Waals surface area contributed by atoms with Gasteiger partial charge in [-0.25, -0.2) is 8.42 Å². The topological polar surface area (TPSA) is 46.2 Å². The number of benzene rings is 2. The van der Waals surface area contributed by atoms with Crippen LogP contribution in [0.25, 0.3) is 0 Å². The molecule has 7 heteroatoms. The van der Waals surface area contributed by atoms with Gasteiger partial charge in [-0.3, -0.25) is 4.72 Å². The Morgan fingerprint density at radius 3 is 2.47 bits per heavy atom. The maximum absolute atomic E-state index is 12.3. The van der Waals surface area contributed by atoms with Crippen molar-refractivity contribution in [3.63, 3.8) is 0 Å². The fourth-order valence-electron chi connectivity index (χ4n) is 1.43. The SMILES string of the molecule is O=S(=O)(Nc1ccc(I)cc1Cl)c1ccccc1Br. The van der Waals surface area contributed by atoms with Gasteiger partial charge >= 0.3 is 0 Å². The number of hydrogen-bond donors (Lipinski definition) is 1. The molecule has 3 nitrogen and oxygen atoms in total. The van der Waals surface area contributed by atoms with Crippen LogP contribution in [-0.2, 0) is 10.0 Å². The van der Waals surface area contributed by atoms with Gasteiger partial charge in [0.15, 0.2) is 0 Å². The van der Waals surface area contributed by atoms with Crippen molar-refractivity contribution in [3.05, 3.63) is 55.5 Å². The lowest BCUT2D eigenvalue weighted by molar-refractivity contribution is 0.601. The van der Waals surface area contributed by atoms with Crippen LogP contribution in [0.3, 0.4) is 0 Å². The van der Waals surface area contributed by atoms with Gasteiger partial charge in [-0.05, 0) is 68.9 Å². The van der Waals surface area contributed by atoms with Crippen molar-refractivity contribution in [2.75, 3.05) is 4.72 Å². The first-order valence-electron chi connectivity index (χ1n) is 5.12. The number of sulfonamides is 1. The third kappa shape index (κ3) is 3.62. The van der Waals surface area contributed by atoms with Crippen molar-refractivity contribution in [2.24, 2.45) is 0 Å². The highest BCUT2D eigenvalue weighted by atomic mass is 127. The Hall–Kier alpha value is -0.310. The molecule has 0 saturated carbocycles. The van der Waals surface area contributed by atoms with Gasteiger partial charge in [0.2, 0.25) is 0 Å². The largest absolute Gasteiger partial charge is 0.278 e. The van der Waals surface area contributed by atoms with Crippen molar-refractivity contribution in [1.82, 2.24) is 0 Å². The Labute approximate surface area is 138 Å². The van der Waals surface area contributed by atoms with Gasteiger partial charge in [0.05, 0.1) is 10.7 Å². The molecule has 0 radical (unpaired) electrons. The zero-order valence-electron chi connectivity index (χ0n) is 9.40. The number of halogens is 3. The highest BCUT2D eigenvalue weighted by Crippen LogP contribution is 2.28. The lowest BCUT2D eigenvalue weighted by Crippen LogP contribution is -2.13. The minimum Gasteiger partial charge on any atom is -0.278 e. The molecule has 0 spiro atoms. The molecule has 0 bridgehead atoms. The van der Waals surface area contributed by atoms with E-state index in [4.69, 9.17) is 11.6 Å². The molecule has 2 aromatic rings. The molecule has 0 amide bonds. The van der Waals surface area contributed by atoms with E-state index in [1.165, 1.54) is 6.07 Å². The second-order valence-electron chi connectivity index (χ2n) is 3.66. The number of nitrogens with one attached hydrogen (secondary N) is 1. The molecule has 0 fully saturated rings. The van der Waals surface area contributed by atoms with Gasteiger partial charge in [-0.15, -0.1) is 0 Å². The van der Waals surface area contributed by atoms with Gasteiger partial charge < -0.3 is 0 Å². The van der Waals surface area contributed by atoms with Gasteiger partial charge in [-0.1, -0.05) is 23.7 Å². The van der Waals surface area contributed by atoms with E-state index in [0.717, 1.165) is 3.57 Å². The quantitative estimate of drug-likeness (QED) is 0.669. The molecule has 0 aliphatic rings. The molecule has 0 aromatic heterocycles. The first kappa shape index (κ1) is 15.1. The zero-order valence-corrected chi connectivity index (χ0v) is 14.7. The monoisotopic (exact) mass is 471 g/mol. The predicted molar refractivity (Wildman–Crippen MR) is 89.1 cm³/mol. The molecule has 100 valence electrons. The third-order valence-corrected chi connectivity index (χ3v) is 5.66. The average Bonchev–Trinajstić information content (AvgIpc) is 2.33. The summed E-state index contributed by atoms with van der Waals surface area (Å²) in [6, 6.07) is 11.7. The zero-order chi connectivity index (χ0) is 14.0. The average molecular weight is 473 g/mol. The standard InChI is InChI=1S/C12H8BrClINO2S/c13-9-3-1-2-4-12(9)19(17,18)16-11-6-5-8(15)7-10(11)14/h1-7,16H. The van der Waals surface area contributed by atoms with E-state index in [0.29, 0.717) is 15.2 Å². The van der Waals surface area contributed by atoms with Gasteiger partial charge in [0.1, 0.15) is 4.90 Å². The number of anilines is 1. The van der Waals surface area contributed by atoms with E-state index in [2.05, 4.69) is 43.2 Å². The minimum absolute atomic E-state index is 0.171. The molecule has 0 aliphatic carbocycles. The Morgan fingerprint density at radius 2 is 1.84 bits per heavy atom. The molecule has 0 heterocycles. The summed E-state index contributed by atoms with van der Waals surface area (Å²) in [7, 11) is -3.66. The summed E-state index contributed by atoms with van der Waals surface area (Å²) in [5.74, 6) is 0. The van der Waals surface area contributed by atoms with Crippen molar-refractivity contribution < 1.29 is 8.42 Å². The minimum atomic E-state index is -3.66. The van der Waals surface area contributed by atoms with E-state index >= 15 is 0 Å². The van der Waals surface area contributed by atoms with E-state index in [1.807, 2.05) is 0 Å². The summed E-state index contributed by atoms with van der Waals surface area (Å²) in [5, 5.41) is 0.363. The number of hydrogen-bond acceptors (Lipinski definition) is 2. The van der Waals surface area contributed by atoms with E-state index < -0.39 is 10.0 Å². The van der Waals surface area contributed by atoms with Crippen LogP contribution in [0.5, 0.6) is 0 Å². The fourth-order valence-corrected chi connectivity index (χ4v) is 4.48. The molecule has 0 unspecified atom stereocenters. The molecule has 2 rings (SSSR count). The summed E-state index contributed by atoms with van der Waals surface area (Å²) in [5.41, 5.74) is 0.359. The normalized spacial score (nSPS) is 11.3. The van der Waals surface area contributed by atoms with Crippen LogP contribution in [0.15, 0.2) is 51.8 Å². The van der Waals surface area contributed by atoms with Crippen LogP contribution in [0, 0.1) is 3.57 Å². The molecule has 0 atom stereocenters. The van der Waals surface area contributed by atoms with Crippen LogP contribution < -0.4 is 4.72 Å². The van der Waals surface area contributed by atoms with E-state index in [9.17, 15) is 8.42 Å². The van der Waals surface area contributed by atoms with Crippen molar-refractivity contribution in [1.29, 1.82) is 0 Å². The molecule has 0 saturated heterocycles. The summed E-state index contributed by atoms with van der Waals surface area (Å²) in [6.07, 6.45) is 0. The highest BCUT2D eigenvalue weighted by Gasteiger charge is 2.18. The summed E-state index contributed by atoms with van der Waals surface area (Å²) < 4.78 is 28.4. The first-order chi connectivity index (χ1) is 8.90. The predicted octanol–water partition coefficient (Wildman–Crippen LogP) is 4.51. The van der Waals surface area contributed by atoms with Crippen molar-refractivity contribution in [2.45, 2.75) is 4.90 Å². The van der Waals surface area contributed by atoms with Crippen LogP contribution in [0.2, 0.25) is 5.02 Å². The van der Waals surface area contributed by atoms with Crippen LogP contribution >= 0.6 is 50.1 Å². The molecular weight excluding hydrogens is 464 g/mol. The Bertz CT molecular complexity index is 721. The third-order valence-electron chi connectivity index (χ3n) is 2.30. The summed E-state index contributed by atoms with van der Waals surface area (Å²) in [6.45, 7) is 0. The van der Waals surface area contributed by atoms with E-state index in [-0.39, 0.29) is 4.90 Å². The van der Waals surface area contributed by atoms with Crippen molar-refractivity contribution >= 4 is 65.8 Å². The van der Waals surface area contributed by atoms with Crippen LogP contribution in [0.4, 0.5) is 5.69 Å². The second-order valence-corrected chi connectivity index (χ2v) is 7.82. The van der Waals surface area contributed by atoms with Gasteiger partial charge in [-0.2, -0.15) is 0 Å². The molecule has 1 N–H and O–H groups in total. The Kier molecular flexibility index (Phi) is 4.75. The molecule has 2 aromatic carbocycles. The fraction of sp³-hybridized carbons (Fsp3) is 0. The van der Waals surface area contributed by atoms with Crippen LogP contribution in [-0.4, -0.2) is 8.42 Å². The van der Waals surface area contributed by atoms with Crippen LogP contribution in [0.1, 0.15) is 0 Å². The van der Waals surface area contributed by atoms with Gasteiger partial charge in [0.25, 0.3) is 10.0 Å². The smallest absolute Gasteiger partial charge is 0.263 e. The lowest BCUT2D eigenvalue weighted by atomic mass is 10.3. The maximum Gasteiger partial charge on any atom is 0.263 e. The molecule has 19 heavy (non-hydrogen) atoms. The highest BCUT2D eigenvalue weighted by molar-refractivity contribution is 14.1. The van der Waals surface area contributed by atoms with E-state index in [1.54, 1.807) is 36.4 Å².